The van der Waals surface area contributed by atoms with Gasteiger partial charge in [-0.3, -0.25) is 0 Å². The summed E-state index contributed by atoms with van der Waals surface area (Å²) >= 11 is 11.4. The summed E-state index contributed by atoms with van der Waals surface area (Å²) in [6.45, 7) is 1.47. The Morgan fingerprint density at radius 2 is 2.07 bits per heavy atom. The molecule has 0 radical (unpaired) electrons. The van der Waals surface area contributed by atoms with E-state index in [0.717, 1.165) is 6.07 Å². The highest BCUT2D eigenvalue weighted by atomic mass is 35.5. The third-order valence-corrected chi connectivity index (χ3v) is 2.64. The van der Waals surface area contributed by atoms with Crippen molar-refractivity contribution >= 4 is 23.2 Å². The topological polar surface area (TPSA) is 20.2 Å². The molecule has 1 rings (SSSR count). The Bertz CT molecular complexity index is 421. The lowest BCUT2D eigenvalue weighted by atomic mass is 9.93. The highest BCUT2D eigenvalue weighted by Crippen LogP contribution is 2.33. The van der Waals surface area contributed by atoms with Crippen LogP contribution in [0, 0.1) is 18.2 Å². The molecule has 0 aliphatic carbocycles. The lowest BCUT2D eigenvalue weighted by molar-refractivity contribution is 0.0627. The molecule has 1 nitrogen and oxygen atoms in total. The van der Waals surface area contributed by atoms with Crippen molar-refractivity contribution in [2.24, 2.45) is 0 Å². The average Bonchev–Trinajstić information content (AvgIpc) is 2.11. The van der Waals surface area contributed by atoms with Crippen LogP contribution in [0.4, 0.5) is 4.39 Å². The fourth-order valence-electron chi connectivity index (χ4n) is 1.23. The van der Waals surface area contributed by atoms with Gasteiger partial charge in [0.25, 0.3) is 0 Å². The van der Waals surface area contributed by atoms with E-state index in [1.54, 1.807) is 0 Å². The van der Waals surface area contributed by atoms with Crippen molar-refractivity contribution in [1.29, 1.82) is 0 Å². The van der Waals surface area contributed by atoms with Gasteiger partial charge < -0.3 is 5.11 Å². The summed E-state index contributed by atoms with van der Waals surface area (Å²) in [5.74, 6) is 1.67. The smallest absolute Gasteiger partial charge is 0.142 e. The molecule has 0 aliphatic heterocycles. The summed E-state index contributed by atoms with van der Waals surface area (Å²) in [6, 6.07) is 2.35. The van der Waals surface area contributed by atoms with Gasteiger partial charge in [-0.1, -0.05) is 23.2 Å². The SMILES string of the molecule is C#CCC(C)(O)c1cc(F)c(Cl)cc1Cl. The second-order valence-corrected chi connectivity index (χ2v) is 4.22. The van der Waals surface area contributed by atoms with Crippen LogP contribution in [0.3, 0.4) is 0 Å². The Morgan fingerprint density at radius 3 is 2.60 bits per heavy atom. The largest absolute Gasteiger partial charge is 0.384 e. The highest BCUT2D eigenvalue weighted by molar-refractivity contribution is 6.35. The molecule has 1 N–H and O–H groups in total. The Kier molecular flexibility index (Phi) is 3.62. The van der Waals surface area contributed by atoms with Crippen LogP contribution < -0.4 is 0 Å². The van der Waals surface area contributed by atoms with Crippen molar-refractivity contribution in [3.05, 3.63) is 33.6 Å². The molecule has 1 aromatic rings. The highest BCUT2D eigenvalue weighted by Gasteiger charge is 2.26. The molecule has 80 valence electrons. The summed E-state index contributed by atoms with van der Waals surface area (Å²) < 4.78 is 13.2. The first-order valence-corrected chi connectivity index (χ1v) is 4.95. The standard InChI is InChI=1S/C11H9Cl2FO/c1-3-4-11(2,15)7-5-10(14)9(13)6-8(7)12/h1,5-6,15H,4H2,2H3. The Morgan fingerprint density at radius 1 is 1.47 bits per heavy atom. The second kappa shape index (κ2) is 4.40. The van der Waals surface area contributed by atoms with Crippen LogP contribution in [-0.2, 0) is 5.60 Å². The van der Waals surface area contributed by atoms with E-state index in [2.05, 4.69) is 5.92 Å². The van der Waals surface area contributed by atoms with Gasteiger partial charge in [0.2, 0.25) is 0 Å². The molecule has 0 bridgehead atoms. The minimum Gasteiger partial charge on any atom is -0.384 e. The first-order chi connectivity index (χ1) is 6.88. The number of aliphatic hydroxyl groups is 1. The molecule has 1 atom stereocenters. The van der Waals surface area contributed by atoms with Crippen LogP contribution in [-0.4, -0.2) is 5.11 Å². The van der Waals surface area contributed by atoms with Gasteiger partial charge in [0.05, 0.1) is 10.6 Å². The molecule has 4 heteroatoms. The molecular formula is C11H9Cl2FO. The van der Waals surface area contributed by atoms with E-state index in [-0.39, 0.29) is 22.0 Å². The fourth-order valence-corrected chi connectivity index (χ4v) is 1.82. The molecule has 0 spiro atoms. The van der Waals surface area contributed by atoms with Crippen molar-refractivity contribution in [3.63, 3.8) is 0 Å². The summed E-state index contributed by atoms with van der Waals surface area (Å²) in [7, 11) is 0. The maximum atomic E-state index is 13.2. The van der Waals surface area contributed by atoms with Gasteiger partial charge in [-0.2, -0.15) is 0 Å². The van der Waals surface area contributed by atoms with Gasteiger partial charge in [-0.05, 0) is 19.1 Å². The summed E-state index contributed by atoms with van der Waals surface area (Å²) in [5, 5.41) is 10.1. The summed E-state index contributed by atoms with van der Waals surface area (Å²) in [4.78, 5) is 0. The molecule has 1 aromatic carbocycles. The van der Waals surface area contributed by atoms with Crippen molar-refractivity contribution in [2.45, 2.75) is 18.9 Å². The molecule has 15 heavy (non-hydrogen) atoms. The van der Waals surface area contributed by atoms with Crippen LogP contribution >= 0.6 is 23.2 Å². The molecule has 0 aromatic heterocycles. The molecule has 0 fully saturated rings. The van der Waals surface area contributed by atoms with Crippen molar-refractivity contribution < 1.29 is 9.50 Å². The normalized spacial score (nSPS) is 14.4. The minimum absolute atomic E-state index is 0.0494. The van der Waals surface area contributed by atoms with E-state index >= 15 is 0 Å². The Balaban J connectivity index is 3.27. The zero-order chi connectivity index (χ0) is 11.6. The first-order valence-electron chi connectivity index (χ1n) is 4.19. The third kappa shape index (κ3) is 2.63. The second-order valence-electron chi connectivity index (χ2n) is 3.40. The molecular weight excluding hydrogens is 238 g/mol. The molecule has 0 aliphatic rings. The zero-order valence-electron chi connectivity index (χ0n) is 8.02. The first kappa shape index (κ1) is 12.3. The van der Waals surface area contributed by atoms with Crippen LogP contribution in [0.2, 0.25) is 10.0 Å². The maximum Gasteiger partial charge on any atom is 0.142 e. The summed E-state index contributed by atoms with van der Waals surface area (Å²) in [5.41, 5.74) is -1.11. The number of hydrogen-bond donors (Lipinski definition) is 1. The number of rotatable bonds is 2. The molecule has 0 saturated carbocycles. The van der Waals surface area contributed by atoms with Gasteiger partial charge in [0, 0.05) is 17.0 Å². The predicted octanol–water partition coefficient (Wildman–Crippen LogP) is 3.36. The predicted molar refractivity (Wildman–Crippen MR) is 59.4 cm³/mol. The van der Waals surface area contributed by atoms with E-state index in [4.69, 9.17) is 29.6 Å². The third-order valence-electron chi connectivity index (χ3n) is 2.04. The Hall–Kier alpha value is -0.750. The number of benzene rings is 1. The molecule has 0 saturated heterocycles. The van der Waals surface area contributed by atoms with Crippen LogP contribution in [0.5, 0.6) is 0 Å². The molecule has 1 unspecified atom stereocenters. The van der Waals surface area contributed by atoms with Gasteiger partial charge in [-0.25, -0.2) is 4.39 Å². The fraction of sp³-hybridized carbons (Fsp3) is 0.273. The van der Waals surface area contributed by atoms with Crippen molar-refractivity contribution in [1.82, 2.24) is 0 Å². The molecule has 0 amide bonds. The lowest BCUT2D eigenvalue weighted by Crippen LogP contribution is -2.21. The van der Waals surface area contributed by atoms with E-state index in [1.165, 1.54) is 13.0 Å². The monoisotopic (exact) mass is 246 g/mol. The summed E-state index contributed by atoms with van der Waals surface area (Å²) in [6.07, 6.45) is 5.15. The van der Waals surface area contributed by atoms with Gasteiger partial charge in [0.1, 0.15) is 5.82 Å². The van der Waals surface area contributed by atoms with Crippen LogP contribution in [0.15, 0.2) is 12.1 Å². The Labute approximate surface area is 97.8 Å². The van der Waals surface area contributed by atoms with E-state index < -0.39 is 11.4 Å². The van der Waals surface area contributed by atoms with Crippen LogP contribution in [0.1, 0.15) is 18.9 Å². The minimum atomic E-state index is -1.35. The number of terminal acetylenes is 1. The average molecular weight is 247 g/mol. The van der Waals surface area contributed by atoms with E-state index in [0.29, 0.717) is 0 Å². The van der Waals surface area contributed by atoms with Crippen LogP contribution in [0.25, 0.3) is 0 Å². The van der Waals surface area contributed by atoms with Gasteiger partial charge in [-0.15, -0.1) is 12.3 Å². The van der Waals surface area contributed by atoms with Gasteiger partial charge >= 0.3 is 0 Å². The zero-order valence-corrected chi connectivity index (χ0v) is 9.53. The number of hydrogen-bond acceptors (Lipinski definition) is 1. The van der Waals surface area contributed by atoms with E-state index in [1.807, 2.05) is 0 Å². The molecule has 0 heterocycles. The van der Waals surface area contributed by atoms with Crippen molar-refractivity contribution in [2.75, 3.05) is 0 Å². The van der Waals surface area contributed by atoms with E-state index in [9.17, 15) is 9.50 Å². The quantitative estimate of drug-likeness (QED) is 0.627. The van der Waals surface area contributed by atoms with Gasteiger partial charge in [0.15, 0.2) is 0 Å². The van der Waals surface area contributed by atoms with Crippen molar-refractivity contribution in [3.8, 4) is 12.3 Å². The maximum absolute atomic E-state index is 13.2. The lowest BCUT2D eigenvalue weighted by Gasteiger charge is -2.22. The number of halogens is 3.